The fourth-order valence-corrected chi connectivity index (χ4v) is 2.88. The van der Waals surface area contributed by atoms with Gasteiger partial charge < -0.3 is 10.3 Å². The van der Waals surface area contributed by atoms with Crippen LogP contribution in [0, 0.1) is 5.92 Å². The van der Waals surface area contributed by atoms with E-state index >= 15 is 0 Å². The van der Waals surface area contributed by atoms with Crippen molar-refractivity contribution in [1.82, 2.24) is 15.0 Å². The summed E-state index contributed by atoms with van der Waals surface area (Å²) in [4.78, 5) is 6.70. The molecule has 2 rings (SSSR count). The van der Waals surface area contributed by atoms with Gasteiger partial charge in [0.15, 0.2) is 5.82 Å². The van der Waals surface area contributed by atoms with Gasteiger partial charge in [-0.05, 0) is 32.4 Å². The first-order valence-electron chi connectivity index (χ1n) is 6.96. The van der Waals surface area contributed by atoms with Crippen LogP contribution >= 0.6 is 0 Å². The summed E-state index contributed by atoms with van der Waals surface area (Å²) in [7, 11) is 2.14. The largest absolute Gasteiger partial charge is 0.339 e. The van der Waals surface area contributed by atoms with Crippen LogP contribution in [0.4, 0.5) is 0 Å². The summed E-state index contributed by atoms with van der Waals surface area (Å²) in [5.74, 6) is 2.12. The van der Waals surface area contributed by atoms with Crippen molar-refractivity contribution < 1.29 is 4.52 Å². The third-order valence-electron chi connectivity index (χ3n) is 3.94. The van der Waals surface area contributed by atoms with Crippen LogP contribution in [-0.4, -0.2) is 34.7 Å². The van der Waals surface area contributed by atoms with E-state index in [1.165, 1.54) is 25.7 Å². The Morgan fingerprint density at radius 1 is 1.39 bits per heavy atom. The first-order chi connectivity index (χ1) is 8.74. The normalized spacial score (nSPS) is 24.7. The maximum atomic E-state index is 5.87. The number of hydrogen-bond donors (Lipinski definition) is 1. The molecule has 0 radical (unpaired) electrons. The van der Waals surface area contributed by atoms with E-state index < -0.39 is 0 Å². The van der Waals surface area contributed by atoms with Crippen molar-refractivity contribution in [1.29, 1.82) is 0 Å². The van der Waals surface area contributed by atoms with Crippen molar-refractivity contribution in [2.75, 3.05) is 13.6 Å². The van der Waals surface area contributed by atoms with E-state index in [9.17, 15) is 0 Å². The minimum atomic E-state index is 0.562. The highest BCUT2D eigenvalue weighted by Crippen LogP contribution is 2.27. The van der Waals surface area contributed by atoms with Gasteiger partial charge in [0.05, 0.1) is 6.54 Å². The molecule has 18 heavy (non-hydrogen) atoms. The molecule has 2 unspecified atom stereocenters. The Balaban J connectivity index is 1.95. The Bertz CT molecular complexity index is 366. The van der Waals surface area contributed by atoms with Crippen LogP contribution in [0.2, 0.25) is 0 Å². The van der Waals surface area contributed by atoms with Crippen LogP contribution in [0.15, 0.2) is 4.52 Å². The standard InChI is InChI=1S/C13H24N4O/c1-3-13-15-12(16-18-13)9-17(2)11-7-5-4-6-10(11)8-14/h10-11H,3-9,14H2,1-2H3. The van der Waals surface area contributed by atoms with Gasteiger partial charge in [0.1, 0.15) is 0 Å². The lowest BCUT2D eigenvalue weighted by molar-refractivity contribution is 0.124. The Labute approximate surface area is 109 Å². The van der Waals surface area contributed by atoms with Gasteiger partial charge >= 0.3 is 0 Å². The van der Waals surface area contributed by atoms with Gasteiger partial charge in [0.2, 0.25) is 5.89 Å². The number of nitrogens with zero attached hydrogens (tertiary/aromatic N) is 3. The highest BCUT2D eigenvalue weighted by molar-refractivity contribution is 4.89. The molecule has 0 bridgehead atoms. The van der Waals surface area contributed by atoms with E-state index in [0.29, 0.717) is 12.0 Å². The van der Waals surface area contributed by atoms with E-state index in [0.717, 1.165) is 31.2 Å². The van der Waals surface area contributed by atoms with Crippen molar-refractivity contribution >= 4 is 0 Å². The average Bonchev–Trinajstić information content (AvgIpc) is 2.86. The summed E-state index contributed by atoms with van der Waals surface area (Å²) >= 11 is 0. The quantitative estimate of drug-likeness (QED) is 0.861. The van der Waals surface area contributed by atoms with Crippen molar-refractivity contribution in [3.05, 3.63) is 11.7 Å². The second kappa shape index (κ2) is 6.29. The molecule has 1 aromatic heterocycles. The summed E-state index contributed by atoms with van der Waals surface area (Å²) in [5.41, 5.74) is 5.87. The molecule has 2 N–H and O–H groups in total. The fourth-order valence-electron chi connectivity index (χ4n) is 2.88. The summed E-state index contributed by atoms with van der Waals surface area (Å²) in [6.07, 6.45) is 5.90. The molecule has 0 spiro atoms. The summed E-state index contributed by atoms with van der Waals surface area (Å²) in [6, 6.07) is 0.562. The molecule has 1 aliphatic rings. The molecule has 102 valence electrons. The monoisotopic (exact) mass is 252 g/mol. The molecule has 0 saturated heterocycles. The molecule has 0 aliphatic heterocycles. The number of aromatic nitrogens is 2. The first-order valence-corrected chi connectivity index (χ1v) is 6.96. The SMILES string of the molecule is CCc1nc(CN(C)C2CCCCC2CN)no1. The number of rotatable bonds is 5. The van der Waals surface area contributed by atoms with E-state index in [2.05, 4.69) is 22.1 Å². The van der Waals surface area contributed by atoms with Crippen LogP contribution in [0.3, 0.4) is 0 Å². The molecule has 0 amide bonds. The Morgan fingerprint density at radius 2 is 2.17 bits per heavy atom. The molecule has 1 fully saturated rings. The lowest BCUT2D eigenvalue weighted by atomic mass is 9.84. The zero-order valence-electron chi connectivity index (χ0n) is 11.4. The zero-order chi connectivity index (χ0) is 13.0. The van der Waals surface area contributed by atoms with E-state index in [4.69, 9.17) is 10.3 Å². The Hall–Kier alpha value is -0.940. The molecular weight excluding hydrogens is 228 g/mol. The smallest absolute Gasteiger partial charge is 0.226 e. The zero-order valence-corrected chi connectivity index (χ0v) is 11.4. The molecule has 2 atom stereocenters. The van der Waals surface area contributed by atoms with Crippen LogP contribution in [0.1, 0.15) is 44.3 Å². The second-order valence-electron chi connectivity index (χ2n) is 5.22. The van der Waals surface area contributed by atoms with E-state index in [-0.39, 0.29) is 0 Å². The van der Waals surface area contributed by atoms with Crippen molar-refractivity contribution in [2.24, 2.45) is 11.7 Å². The predicted octanol–water partition coefficient (Wildman–Crippen LogP) is 1.58. The summed E-state index contributed by atoms with van der Waals surface area (Å²) < 4.78 is 5.14. The van der Waals surface area contributed by atoms with Crippen LogP contribution in [0.25, 0.3) is 0 Å². The molecule has 1 aliphatic carbocycles. The minimum absolute atomic E-state index is 0.562. The lowest BCUT2D eigenvalue weighted by Gasteiger charge is -2.36. The van der Waals surface area contributed by atoms with Crippen molar-refractivity contribution in [3.63, 3.8) is 0 Å². The topological polar surface area (TPSA) is 68.2 Å². The lowest BCUT2D eigenvalue weighted by Crippen LogP contribution is -2.42. The fraction of sp³-hybridized carbons (Fsp3) is 0.846. The Morgan fingerprint density at radius 3 is 2.83 bits per heavy atom. The highest BCUT2D eigenvalue weighted by atomic mass is 16.5. The number of aryl methyl sites for hydroxylation is 1. The molecule has 1 saturated carbocycles. The third kappa shape index (κ3) is 3.09. The highest BCUT2D eigenvalue weighted by Gasteiger charge is 2.27. The minimum Gasteiger partial charge on any atom is -0.339 e. The predicted molar refractivity (Wildman–Crippen MR) is 69.9 cm³/mol. The van der Waals surface area contributed by atoms with Gasteiger partial charge in [-0.3, -0.25) is 4.90 Å². The maximum Gasteiger partial charge on any atom is 0.226 e. The summed E-state index contributed by atoms with van der Waals surface area (Å²) in [5, 5.41) is 4.01. The van der Waals surface area contributed by atoms with Gasteiger partial charge in [-0.2, -0.15) is 4.98 Å². The molecular formula is C13H24N4O. The van der Waals surface area contributed by atoms with Gasteiger partial charge in [-0.25, -0.2) is 0 Å². The second-order valence-corrected chi connectivity index (χ2v) is 5.22. The molecule has 1 aromatic rings. The molecule has 1 heterocycles. The van der Waals surface area contributed by atoms with Crippen LogP contribution < -0.4 is 5.73 Å². The third-order valence-corrected chi connectivity index (χ3v) is 3.94. The first kappa shape index (κ1) is 13.5. The van der Waals surface area contributed by atoms with Gasteiger partial charge in [0, 0.05) is 12.5 Å². The van der Waals surface area contributed by atoms with Crippen LogP contribution in [-0.2, 0) is 13.0 Å². The van der Waals surface area contributed by atoms with Gasteiger partial charge in [-0.15, -0.1) is 0 Å². The molecule has 5 heteroatoms. The van der Waals surface area contributed by atoms with Crippen LogP contribution in [0.5, 0.6) is 0 Å². The van der Waals surface area contributed by atoms with E-state index in [1.54, 1.807) is 0 Å². The molecule has 0 aromatic carbocycles. The number of hydrogen-bond acceptors (Lipinski definition) is 5. The average molecular weight is 252 g/mol. The Kier molecular flexibility index (Phi) is 4.72. The number of nitrogens with two attached hydrogens (primary N) is 1. The van der Waals surface area contributed by atoms with Crippen molar-refractivity contribution in [2.45, 2.75) is 51.6 Å². The van der Waals surface area contributed by atoms with E-state index in [1.807, 2.05) is 6.92 Å². The maximum absolute atomic E-state index is 5.87. The summed E-state index contributed by atoms with van der Waals surface area (Å²) in [6.45, 7) is 3.55. The van der Waals surface area contributed by atoms with Crippen molar-refractivity contribution in [3.8, 4) is 0 Å². The van der Waals surface area contributed by atoms with Gasteiger partial charge in [-0.1, -0.05) is 24.9 Å². The molecule has 5 nitrogen and oxygen atoms in total. The van der Waals surface area contributed by atoms with Gasteiger partial charge in [0.25, 0.3) is 0 Å².